The van der Waals surface area contributed by atoms with Crippen LogP contribution in [0.3, 0.4) is 0 Å². The van der Waals surface area contributed by atoms with E-state index >= 15 is 0 Å². The molecule has 0 bridgehead atoms. The molecule has 0 saturated carbocycles. The number of phenols is 1. The van der Waals surface area contributed by atoms with Gasteiger partial charge in [0.25, 0.3) is 11.2 Å². The van der Waals surface area contributed by atoms with E-state index in [1.807, 2.05) is 0 Å². The number of nitro benzene ring substituents is 1. The Bertz CT molecular complexity index is 830. The van der Waals surface area contributed by atoms with Crippen molar-refractivity contribution < 1.29 is 14.8 Å². The summed E-state index contributed by atoms with van der Waals surface area (Å²) in [5.74, 6) is -0.195. The van der Waals surface area contributed by atoms with Gasteiger partial charge in [-0.3, -0.25) is 19.9 Å². The number of aromatic nitrogens is 2. The molecule has 2 aromatic rings. The molecule has 23 heavy (non-hydrogen) atoms. The van der Waals surface area contributed by atoms with E-state index in [4.69, 9.17) is 4.74 Å². The average molecular weight is 319 g/mol. The third-order valence-electron chi connectivity index (χ3n) is 2.77. The number of hydrogen-bond donors (Lipinski definition) is 3. The van der Waals surface area contributed by atoms with E-state index in [2.05, 4.69) is 20.5 Å². The summed E-state index contributed by atoms with van der Waals surface area (Å²) in [5, 5.41) is 24.5. The van der Waals surface area contributed by atoms with Gasteiger partial charge in [-0.2, -0.15) is 5.10 Å². The van der Waals surface area contributed by atoms with Crippen molar-refractivity contribution in [3.05, 3.63) is 49.9 Å². The number of nitrogens with one attached hydrogen (secondary N) is 2. The Morgan fingerprint density at radius 2 is 2.22 bits per heavy atom. The molecule has 120 valence electrons. The van der Waals surface area contributed by atoms with Crippen LogP contribution in [0.15, 0.2) is 28.1 Å². The van der Waals surface area contributed by atoms with Crippen LogP contribution >= 0.6 is 0 Å². The topological polar surface area (TPSA) is 143 Å². The lowest BCUT2D eigenvalue weighted by Crippen LogP contribution is -2.10. The minimum Gasteiger partial charge on any atom is -0.504 e. The van der Waals surface area contributed by atoms with Crippen molar-refractivity contribution in [2.24, 2.45) is 5.10 Å². The van der Waals surface area contributed by atoms with E-state index in [1.54, 1.807) is 6.92 Å². The van der Waals surface area contributed by atoms with Crippen LogP contribution in [0.4, 0.5) is 11.6 Å². The lowest BCUT2D eigenvalue weighted by Gasteiger charge is -2.05. The number of hydrazone groups is 1. The third-order valence-corrected chi connectivity index (χ3v) is 2.77. The van der Waals surface area contributed by atoms with Crippen LogP contribution in [0.25, 0.3) is 0 Å². The molecule has 1 aromatic carbocycles. The van der Waals surface area contributed by atoms with Gasteiger partial charge >= 0.3 is 0 Å². The van der Waals surface area contributed by atoms with Crippen LogP contribution < -0.4 is 15.7 Å². The molecule has 3 N–H and O–H groups in total. The number of nitro groups is 1. The molecule has 2 rings (SSSR count). The van der Waals surface area contributed by atoms with Gasteiger partial charge in [-0.1, -0.05) is 0 Å². The summed E-state index contributed by atoms with van der Waals surface area (Å²) in [6, 6.07) is 3.54. The Hall–Kier alpha value is -3.43. The first-order valence-electron chi connectivity index (χ1n) is 6.33. The predicted octanol–water partition coefficient (Wildman–Crippen LogP) is 1.15. The van der Waals surface area contributed by atoms with Crippen molar-refractivity contribution in [3.8, 4) is 11.5 Å². The summed E-state index contributed by atoms with van der Waals surface area (Å²) in [5.41, 5.74) is 2.34. The second-order valence-electron chi connectivity index (χ2n) is 4.45. The van der Waals surface area contributed by atoms with Gasteiger partial charge in [0.15, 0.2) is 11.5 Å². The summed E-state index contributed by atoms with van der Waals surface area (Å²) in [6.07, 6.45) is 1.12. The molecule has 0 aliphatic carbocycles. The van der Waals surface area contributed by atoms with E-state index in [1.165, 1.54) is 13.2 Å². The lowest BCUT2D eigenvalue weighted by atomic mass is 10.1. The number of anilines is 1. The molecule has 0 saturated heterocycles. The first-order valence-corrected chi connectivity index (χ1v) is 6.33. The number of phenolic OH excluding ortho intramolecular Hbond substituents is 1. The number of benzene rings is 1. The maximum absolute atomic E-state index is 11.3. The average Bonchev–Trinajstić information content (AvgIpc) is 2.46. The number of methoxy groups -OCH3 is 1. The van der Waals surface area contributed by atoms with Crippen molar-refractivity contribution in [3.63, 3.8) is 0 Å². The van der Waals surface area contributed by atoms with Crippen LogP contribution in [-0.4, -0.2) is 33.3 Å². The zero-order chi connectivity index (χ0) is 17.0. The number of nitrogens with zero attached hydrogens (tertiary/aromatic N) is 3. The first-order chi connectivity index (χ1) is 10.9. The smallest absolute Gasteiger partial charge is 0.282 e. The van der Waals surface area contributed by atoms with Gasteiger partial charge in [0, 0.05) is 11.8 Å². The van der Waals surface area contributed by atoms with E-state index in [0.717, 1.165) is 18.3 Å². The Labute approximate surface area is 129 Å². The van der Waals surface area contributed by atoms with Crippen LogP contribution in [0.1, 0.15) is 11.3 Å². The second kappa shape index (κ2) is 6.56. The SMILES string of the molecule is COc1cc([N+](=O)[O-])c(/C=N/Nc2nc(C)cc(=O)[nH]2)cc1O. The molecule has 0 unspecified atom stereocenters. The largest absolute Gasteiger partial charge is 0.504 e. The Kier molecular flexibility index (Phi) is 4.55. The number of ether oxygens (including phenoxy) is 1. The van der Waals surface area contributed by atoms with E-state index in [9.17, 15) is 20.0 Å². The summed E-state index contributed by atoms with van der Waals surface area (Å²) >= 11 is 0. The van der Waals surface area contributed by atoms with Crippen molar-refractivity contribution in [1.82, 2.24) is 9.97 Å². The minimum absolute atomic E-state index is 0.0218. The van der Waals surface area contributed by atoms with Gasteiger partial charge in [0.2, 0.25) is 5.95 Å². The molecular formula is C13H13N5O5. The highest BCUT2D eigenvalue weighted by Crippen LogP contribution is 2.32. The molecule has 0 spiro atoms. The lowest BCUT2D eigenvalue weighted by molar-refractivity contribution is -0.385. The molecule has 0 aliphatic heterocycles. The highest BCUT2D eigenvalue weighted by molar-refractivity contribution is 5.87. The fourth-order valence-corrected chi connectivity index (χ4v) is 1.79. The number of aryl methyl sites for hydroxylation is 1. The van der Waals surface area contributed by atoms with Gasteiger partial charge in [0.1, 0.15) is 0 Å². The highest BCUT2D eigenvalue weighted by atomic mass is 16.6. The molecule has 0 radical (unpaired) electrons. The molecule has 0 amide bonds. The van der Waals surface area contributed by atoms with Gasteiger partial charge in [-0.05, 0) is 13.0 Å². The third kappa shape index (κ3) is 3.81. The predicted molar refractivity (Wildman–Crippen MR) is 82.1 cm³/mol. The molecule has 0 fully saturated rings. The summed E-state index contributed by atoms with van der Waals surface area (Å²) < 4.78 is 4.83. The minimum atomic E-state index is -0.629. The van der Waals surface area contributed by atoms with E-state index in [-0.39, 0.29) is 34.3 Å². The standard InChI is InChI=1S/C13H13N5O5/c1-7-3-12(20)16-13(15-7)17-14-6-8-4-10(19)11(23-2)5-9(8)18(21)22/h3-6,19H,1-2H3,(H2,15,16,17,20)/b14-6+. The highest BCUT2D eigenvalue weighted by Gasteiger charge is 2.17. The fraction of sp³-hybridized carbons (Fsp3) is 0.154. The zero-order valence-electron chi connectivity index (χ0n) is 12.2. The van der Waals surface area contributed by atoms with Crippen molar-refractivity contribution in [2.45, 2.75) is 6.92 Å². The molecule has 10 heteroatoms. The Morgan fingerprint density at radius 1 is 1.48 bits per heavy atom. The maximum atomic E-state index is 11.3. The summed E-state index contributed by atoms with van der Waals surface area (Å²) in [4.78, 5) is 28.1. The number of aromatic amines is 1. The van der Waals surface area contributed by atoms with Crippen molar-refractivity contribution in [1.29, 1.82) is 0 Å². The van der Waals surface area contributed by atoms with Gasteiger partial charge < -0.3 is 9.84 Å². The molecule has 0 aliphatic rings. The molecule has 1 heterocycles. The zero-order valence-corrected chi connectivity index (χ0v) is 12.2. The number of hydrogen-bond acceptors (Lipinski definition) is 8. The molecule has 1 aromatic heterocycles. The van der Waals surface area contributed by atoms with Crippen LogP contribution in [0.5, 0.6) is 11.5 Å². The fourth-order valence-electron chi connectivity index (χ4n) is 1.79. The van der Waals surface area contributed by atoms with Gasteiger partial charge in [-0.25, -0.2) is 10.4 Å². The van der Waals surface area contributed by atoms with Crippen LogP contribution in [0.2, 0.25) is 0 Å². The second-order valence-corrected chi connectivity index (χ2v) is 4.45. The monoisotopic (exact) mass is 319 g/mol. The first kappa shape index (κ1) is 15.9. The van der Waals surface area contributed by atoms with Crippen LogP contribution in [-0.2, 0) is 0 Å². The summed E-state index contributed by atoms with van der Waals surface area (Å²) in [7, 11) is 1.29. The quantitative estimate of drug-likeness (QED) is 0.426. The normalized spacial score (nSPS) is 10.7. The Morgan fingerprint density at radius 3 is 2.83 bits per heavy atom. The molecule has 0 atom stereocenters. The summed E-state index contributed by atoms with van der Waals surface area (Å²) in [6.45, 7) is 1.64. The van der Waals surface area contributed by atoms with Crippen molar-refractivity contribution >= 4 is 17.9 Å². The Balaban J connectivity index is 2.29. The number of rotatable bonds is 5. The molecule has 10 nitrogen and oxygen atoms in total. The van der Waals surface area contributed by atoms with E-state index < -0.39 is 4.92 Å². The van der Waals surface area contributed by atoms with Crippen LogP contribution in [0, 0.1) is 17.0 Å². The molecular weight excluding hydrogens is 306 g/mol. The van der Waals surface area contributed by atoms with Gasteiger partial charge in [-0.15, -0.1) is 0 Å². The number of H-pyrrole nitrogens is 1. The van der Waals surface area contributed by atoms with Gasteiger partial charge in [0.05, 0.1) is 29.9 Å². The number of aromatic hydroxyl groups is 1. The van der Waals surface area contributed by atoms with E-state index in [0.29, 0.717) is 5.69 Å². The maximum Gasteiger partial charge on any atom is 0.282 e. The van der Waals surface area contributed by atoms with Crippen molar-refractivity contribution in [2.75, 3.05) is 12.5 Å².